The van der Waals surface area contributed by atoms with Crippen molar-refractivity contribution in [3.63, 3.8) is 0 Å². The van der Waals surface area contributed by atoms with Crippen LogP contribution in [0.3, 0.4) is 0 Å². The first kappa shape index (κ1) is 25.2. The lowest BCUT2D eigenvalue weighted by Crippen LogP contribution is -2.04. The molecule has 0 amide bonds. The highest BCUT2D eigenvalue weighted by atomic mass is 32.1. The van der Waals surface area contributed by atoms with Crippen LogP contribution in [0.2, 0.25) is 0 Å². The van der Waals surface area contributed by atoms with Crippen LogP contribution in [0.4, 0.5) is 30.2 Å². The average molecular weight is 485 g/mol. The molecule has 1 saturated carbocycles. The van der Waals surface area contributed by atoms with E-state index in [1.54, 1.807) is 24.3 Å². The van der Waals surface area contributed by atoms with Crippen molar-refractivity contribution in [3.8, 4) is 11.3 Å². The Morgan fingerprint density at radius 1 is 0.765 bits per heavy atom. The Bertz CT molecular complexity index is 1230. The smallest absolute Gasteiger partial charge is 0.397 e. The van der Waals surface area contributed by atoms with Crippen molar-refractivity contribution in [2.24, 2.45) is 0 Å². The molecule has 0 radical (unpaired) electrons. The molecule has 0 bridgehead atoms. The monoisotopic (exact) mass is 484 g/mol. The first-order chi connectivity index (χ1) is 16.2. The van der Waals surface area contributed by atoms with Crippen LogP contribution in [0.15, 0.2) is 77.8 Å². The summed E-state index contributed by atoms with van der Waals surface area (Å²) in [6.07, 6.45) is 3.07. The number of aromatic nitrogens is 1. The molecule has 4 nitrogen and oxygen atoms in total. The van der Waals surface area contributed by atoms with Gasteiger partial charge < -0.3 is 17.2 Å². The summed E-state index contributed by atoms with van der Waals surface area (Å²) >= 11 is 4.33. The molecule has 0 atom stereocenters. The third kappa shape index (κ3) is 6.57. The summed E-state index contributed by atoms with van der Waals surface area (Å²) < 4.78 is 37.5. The number of hydrogen-bond donors (Lipinski definition) is 4. The minimum atomic E-state index is -4.34. The van der Waals surface area contributed by atoms with Gasteiger partial charge in [-0.2, -0.15) is 13.2 Å². The van der Waals surface area contributed by atoms with E-state index >= 15 is 0 Å². The Balaban J connectivity index is 0.000000167. The number of rotatable bonds is 1. The van der Waals surface area contributed by atoms with Crippen molar-refractivity contribution >= 4 is 40.5 Å². The molecule has 3 aromatic carbocycles. The normalized spacial score (nSPS) is 12.6. The third-order valence-electron chi connectivity index (χ3n) is 5.37. The minimum absolute atomic E-state index is 0.417. The highest BCUT2D eigenvalue weighted by molar-refractivity contribution is 7.80. The number of benzene rings is 3. The maximum absolute atomic E-state index is 12.5. The minimum Gasteiger partial charge on any atom is -0.397 e. The van der Waals surface area contributed by atoms with E-state index in [1.807, 2.05) is 24.3 Å². The topological polar surface area (TPSA) is 91.0 Å². The Morgan fingerprint density at radius 2 is 1.41 bits per heavy atom. The molecule has 178 valence electrons. The van der Waals surface area contributed by atoms with Crippen LogP contribution in [0.25, 0.3) is 22.0 Å². The first-order valence-corrected chi connectivity index (χ1v) is 11.3. The van der Waals surface area contributed by atoms with Crippen molar-refractivity contribution in [2.75, 3.05) is 17.2 Å². The summed E-state index contributed by atoms with van der Waals surface area (Å²) in [5.41, 5.74) is 18.9. The Hall–Kier alpha value is -3.39. The molecule has 0 aliphatic heterocycles. The van der Waals surface area contributed by atoms with Gasteiger partial charge in [0, 0.05) is 15.8 Å². The molecule has 0 unspecified atom stereocenters. The molecular weight excluding hydrogens is 457 g/mol. The van der Waals surface area contributed by atoms with Crippen molar-refractivity contribution in [1.29, 1.82) is 0 Å². The highest BCUT2D eigenvalue weighted by Gasteiger charge is 2.30. The lowest BCUT2D eigenvalue weighted by atomic mass is 10.0. The van der Waals surface area contributed by atoms with Gasteiger partial charge in [-0.3, -0.25) is 4.98 Å². The van der Waals surface area contributed by atoms with Crippen LogP contribution < -0.4 is 17.2 Å². The summed E-state index contributed by atoms with van der Waals surface area (Å²) in [5.74, 6) is 0. The van der Waals surface area contributed by atoms with E-state index in [9.17, 15) is 13.2 Å². The molecule has 1 heterocycles. The SMILES string of the molecule is C1CCC1.Nc1cc(S)c2ccccc2c1N.Nc1ccc(-c2cccc(C(F)(F)F)c2)nc1. The molecule has 34 heavy (non-hydrogen) atoms. The van der Waals surface area contributed by atoms with Gasteiger partial charge in [0.15, 0.2) is 0 Å². The quantitative estimate of drug-likeness (QED) is 0.170. The lowest BCUT2D eigenvalue weighted by molar-refractivity contribution is -0.137. The third-order valence-corrected chi connectivity index (χ3v) is 5.74. The summed E-state index contributed by atoms with van der Waals surface area (Å²) in [7, 11) is 0. The molecule has 8 heteroatoms. The van der Waals surface area contributed by atoms with Crippen LogP contribution in [0.1, 0.15) is 31.2 Å². The van der Waals surface area contributed by atoms with Crippen molar-refractivity contribution in [3.05, 3.63) is 78.5 Å². The fourth-order valence-corrected chi connectivity index (χ4v) is 3.41. The van der Waals surface area contributed by atoms with Crippen molar-refractivity contribution in [1.82, 2.24) is 4.98 Å². The predicted molar refractivity (Wildman–Crippen MR) is 138 cm³/mol. The summed E-state index contributed by atoms with van der Waals surface area (Å²) in [6, 6.07) is 17.8. The number of nitrogen functional groups attached to an aromatic ring is 3. The molecule has 1 aliphatic rings. The van der Waals surface area contributed by atoms with Crippen molar-refractivity contribution < 1.29 is 13.2 Å². The van der Waals surface area contributed by atoms with Gasteiger partial charge in [-0.15, -0.1) is 12.6 Å². The van der Waals surface area contributed by atoms with Gasteiger partial charge in [0.25, 0.3) is 0 Å². The van der Waals surface area contributed by atoms with Crippen LogP contribution in [-0.2, 0) is 6.18 Å². The molecule has 0 saturated heterocycles. The highest BCUT2D eigenvalue weighted by Crippen LogP contribution is 2.32. The maximum Gasteiger partial charge on any atom is 0.416 e. The van der Waals surface area contributed by atoms with Gasteiger partial charge in [-0.25, -0.2) is 0 Å². The molecule has 5 rings (SSSR count). The molecule has 6 N–H and O–H groups in total. The van der Waals surface area contributed by atoms with Gasteiger partial charge in [0.05, 0.1) is 34.5 Å². The zero-order valence-electron chi connectivity index (χ0n) is 18.5. The molecule has 4 aromatic rings. The number of halogens is 3. The molecule has 0 spiro atoms. The van der Waals surface area contributed by atoms with E-state index < -0.39 is 11.7 Å². The number of thiol groups is 1. The first-order valence-electron chi connectivity index (χ1n) is 10.8. The van der Waals surface area contributed by atoms with E-state index in [1.165, 1.54) is 37.9 Å². The second-order valence-corrected chi connectivity index (χ2v) is 8.40. The summed E-state index contributed by atoms with van der Waals surface area (Å²) in [6.45, 7) is 0. The second-order valence-electron chi connectivity index (χ2n) is 7.91. The fourth-order valence-electron chi connectivity index (χ4n) is 3.08. The van der Waals surface area contributed by atoms with E-state index in [0.29, 0.717) is 28.3 Å². The maximum atomic E-state index is 12.5. The Kier molecular flexibility index (Phi) is 8.28. The zero-order valence-corrected chi connectivity index (χ0v) is 19.4. The number of alkyl halides is 3. The second kappa shape index (κ2) is 11.2. The standard InChI is InChI=1S/C12H9F3N2.C10H10N2S.C4H8/c13-12(14,15)9-3-1-2-8(6-9)11-5-4-10(16)7-17-11;11-8-5-9(13)6-3-1-2-4-7(6)10(8)12;1-2-4-3-1/h1-7H,16H2;1-5,13H,11-12H2;1-4H2. The van der Waals surface area contributed by atoms with Crippen LogP contribution in [-0.4, -0.2) is 4.98 Å². The van der Waals surface area contributed by atoms with Gasteiger partial charge in [0.2, 0.25) is 0 Å². The van der Waals surface area contributed by atoms with Gasteiger partial charge in [-0.1, -0.05) is 62.1 Å². The lowest BCUT2D eigenvalue weighted by Gasteiger charge is -2.08. The molecule has 1 aromatic heterocycles. The van der Waals surface area contributed by atoms with E-state index in [0.717, 1.165) is 27.8 Å². The number of fused-ring (bicyclic) bond motifs is 1. The zero-order chi connectivity index (χ0) is 24.7. The number of hydrogen-bond acceptors (Lipinski definition) is 5. The summed E-state index contributed by atoms with van der Waals surface area (Å²) in [5, 5.41) is 2.00. The van der Waals surface area contributed by atoms with E-state index in [2.05, 4.69) is 17.6 Å². The van der Waals surface area contributed by atoms with Gasteiger partial charge >= 0.3 is 6.18 Å². The summed E-state index contributed by atoms with van der Waals surface area (Å²) in [4.78, 5) is 4.84. The van der Waals surface area contributed by atoms with Crippen LogP contribution >= 0.6 is 12.6 Å². The van der Waals surface area contributed by atoms with Crippen molar-refractivity contribution in [2.45, 2.75) is 36.8 Å². The Morgan fingerprint density at radius 3 is 1.97 bits per heavy atom. The molecule has 1 fully saturated rings. The van der Waals surface area contributed by atoms with Crippen LogP contribution in [0, 0.1) is 0 Å². The number of pyridine rings is 1. The van der Waals surface area contributed by atoms with Gasteiger partial charge in [0.1, 0.15) is 0 Å². The number of nitrogens with two attached hydrogens (primary N) is 3. The Labute approximate surface area is 202 Å². The van der Waals surface area contributed by atoms with Gasteiger partial charge in [-0.05, 0) is 35.7 Å². The average Bonchev–Trinajstić information content (AvgIpc) is 2.77. The predicted octanol–water partition coefficient (Wildman–Crippen LogP) is 7.20. The fraction of sp³-hybridized carbons (Fsp3) is 0.192. The number of anilines is 3. The largest absolute Gasteiger partial charge is 0.416 e. The molecule has 1 aliphatic carbocycles. The molecular formula is C26H27F3N4S. The van der Waals surface area contributed by atoms with Crippen LogP contribution in [0.5, 0.6) is 0 Å². The van der Waals surface area contributed by atoms with E-state index in [-0.39, 0.29) is 0 Å². The number of nitrogens with zero attached hydrogens (tertiary/aromatic N) is 1. The van der Waals surface area contributed by atoms with E-state index in [4.69, 9.17) is 17.2 Å².